The largest absolute Gasteiger partial charge is 1.00 e. The third kappa shape index (κ3) is 26.1. The normalized spacial score (nSPS) is 10.7. The fraction of sp³-hybridized carbons (Fsp3) is 0.963. The van der Waals surface area contributed by atoms with Crippen LogP contribution in [0, 0.1) is 0 Å². The van der Waals surface area contributed by atoms with Crippen molar-refractivity contribution < 1.29 is 21.6 Å². The van der Waals surface area contributed by atoms with Crippen LogP contribution in [0.2, 0.25) is 0 Å². The molecule has 0 heterocycles. The molecule has 0 spiro atoms. The Morgan fingerprint density at radius 3 is 0.966 bits per heavy atom. The van der Waals surface area contributed by atoms with Crippen LogP contribution in [-0.2, 0) is 0 Å². The van der Waals surface area contributed by atoms with Crippen LogP contribution >= 0.6 is 0 Å². The van der Waals surface area contributed by atoms with Crippen LogP contribution in [-0.4, -0.2) is 23.9 Å². The van der Waals surface area contributed by atoms with Crippen molar-refractivity contribution in [2.45, 2.75) is 156 Å². The van der Waals surface area contributed by atoms with Gasteiger partial charge in [0.25, 0.3) is 0 Å². The van der Waals surface area contributed by atoms with Gasteiger partial charge in [-0.1, -0.05) is 124 Å². The zero-order valence-electron chi connectivity index (χ0n) is 20.7. The first kappa shape index (κ1) is 31.3. The minimum Gasteiger partial charge on any atom is -1.00 e. The van der Waals surface area contributed by atoms with E-state index in [1.165, 1.54) is 148 Å². The Kier molecular flexibility index (Phi) is 30.4. The topological polar surface area (TPSA) is 3.01 Å². The third-order valence-electron chi connectivity index (χ3n) is 6.04. The second kappa shape index (κ2) is 28.1. The summed E-state index contributed by atoms with van der Waals surface area (Å²) < 4.78 is 2.62. The van der Waals surface area contributed by atoms with Gasteiger partial charge in [0.2, 0.25) is 0 Å². The van der Waals surface area contributed by atoms with E-state index >= 15 is 0 Å². The molecule has 0 aromatic carbocycles. The molecule has 0 saturated heterocycles. The number of nitrogens with zero attached hydrogens (tertiary/aromatic N) is 1. The Balaban J connectivity index is 0. The lowest BCUT2D eigenvalue weighted by Crippen LogP contribution is -3.00. The van der Waals surface area contributed by atoms with Gasteiger partial charge < -0.3 is 17.0 Å². The molecule has 0 unspecified atom stereocenters. The highest BCUT2D eigenvalue weighted by Gasteiger charge is 2.04. The molecule has 0 bridgehead atoms. The SMILES string of the molecule is CCC=[N+](CCCCCCCCCCCC)CCCCCCCCCCCC.[Br-]. The zero-order valence-corrected chi connectivity index (χ0v) is 22.3. The zero-order chi connectivity index (χ0) is 20.5. The summed E-state index contributed by atoms with van der Waals surface area (Å²) in [7, 11) is 0. The van der Waals surface area contributed by atoms with Crippen molar-refractivity contribution in [1.82, 2.24) is 0 Å². The first-order valence-electron chi connectivity index (χ1n) is 13.4. The van der Waals surface area contributed by atoms with E-state index in [4.69, 9.17) is 0 Å². The average Bonchev–Trinajstić information content (AvgIpc) is 2.70. The lowest BCUT2D eigenvalue weighted by molar-refractivity contribution is -0.525. The molecule has 0 aliphatic rings. The van der Waals surface area contributed by atoms with Crippen molar-refractivity contribution in [1.29, 1.82) is 0 Å². The van der Waals surface area contributed by atoms with Crippen molar-refractivity contribution in [3.05, 3.63) is 0 Å². The molecule has 0 amide bonds. The van der Waals surface area contributed by atoms with Crippen LogP contribution in [0.25, 0.3) is 0 Å². The molecule has 0 radical (unpaired) electrons. The minimum absolute atomic E-state index is 0. The maximum Gasteiger partial charge on any atom is 0.142 e. The number of hydrogen-bond acceptors (Lipinski definition) is 0. The number of halogens is 1. The van der Waals surface area contributed by atoms with Crippen LogP contribution in [0.5, 0.6) is 0 Å². The molecule has 29 heavy (non-hydrogen) atoms. The standard InChI is InChI=1S/C27H56N.BrH/c1-4-7-9-11-13-15-17-19-21-23-26-28(25-6-3)27-24-22-20-18-16-14-12-10-8-5-2;/h25H,4-24,26-27H2,1-3H3;1H/q+1;/p-1. The van der Waals surface area contributed by atoms with E-state index in [0.717, 1.165) is 0 Å². The van der Waals surface area contributed by atoms with E-state index in [-0.39, 0.29) is 17.0 Å². The predicted octanol–water partition coefficient (Wildman–Crippen LogP) is 6.33. The lowest BCUT2D eigenvalue weighted by Gasteiger charge is -2.05. The maximum atomic E-state index is 2.62. The lowest BCUT2D eigenvalue weighted by atomic mass is 10.1. The average molecular weight is 475 g/mol. The van der Waals surface area contributed by atoms with E-state index in [1.54, 1.807) is 0 Å². The number of rotatable bonds is 23. The summed E-state index contributed by atoms with van der Waals surface area (Å²) in [5.74, 6) is 0. The van der Waals surface area contributed by atoms with Gasteiger partial charge in [0.15, 0.2) is 0 Å². The Hall–Kier alpha value is 0.150. The molecular weight excluding hydrogens is 418 g/mol. The van der Waals surface area contributed by atoms with Crippen molar-refractivity contribution in [2.24, 2.45) is 0 Å². The minimum atomic E-state index is 0. The Morgan fingerprint density at radius 1 is 0.414 bits per heavy atom. The molecule has 1 nitrogen and oxygen atoms in total. The van der Waals surface area contributed by atoms with E-state index < -0.39 is 0 Å². The van der Waals surface area contributed by atoms with Crippen molar-refractivity contribution in [3.63, 3.8) is 0 Å². The smallest absolute Gasteiger partial charge is 0.142 e. The summed E-state index contributed by atoms with van der Waals surface area (Å²) in [5.41, 5.74) is 0. The van der Waals surface area contributed by atoms with Crippen LogP contribution in [0.15, 0.2) is 0 Å². The van der Waals surface area contributed by atoms with Crippen LogP contribution in [0.1, 0.15) is 156 Å². The Labute approximate surface area is 196 Å². The van der Waals surface area contributed by atoms with Gasteiger partial charge in [0.05, 0.1) is 0 Å². The molecule has 2 heteroatoms. The fourth-order valence-electron chi connectivity index (χ4n) is 4.16. The molecule has 0 N–H and O–H groups in total. The Morgan fingerprint density at radius 2 is 0.690 bits per heavy atom. The summed E-state index contributed by atoms with van der Waals surface area (Å²) in [4.78, 5) is 0. The van der Waals surface area contributed by atoms with E-state index in [9.17, 15) is 0 Å². The molecule has 0 saturated carbocycles. The third-order valence-corrected chi connectivity index (χ3v) is 6.04. The molecule has 0 aliphatic carbocycles. The van der Waals surface area contributed by atoms with E-state index in [2.05, 4.69) is 31.6 Å². The maximum absolute atomic E-state index is 2.62. The van der Waals surface area contributed by atoms with Gasteiger partial charge in [-0.25, -0.2) is 4.58 Å². The second-order valence-corrected chi connectivity index (χ2v) is 8.99. The molecule has 0 atom stereocenters. The van der Waals surface area contributed by atoms with Gasteiger partial charge in [-0.3, -0.25) is 0 Å². The number of hydrogen-bond donors (Lipinski definition) is 0. The molecule has 0 fully saturated rings. The number of unbranched alkanes of at least 4 members (excludes halogenated alkanes) is 18. The van der Waals surface area contributed by atoms with Crippen LogP contribution in [0.4, 0.5) is 0 Å². The van der Waals surface area contributed by atoms with Crippen LogP contribution in [0.3, 0.4) is 0 Å². The van der Waals surface area contributed by atoms with Gasteiger partial charge >= 0.3 is 0 Å². The van der Waals surface area contributed by atoms with Gasteiger partial charge in [0.1, 0.15) is 19.3 Å². The summed E-state index contributed by atoms with van der Waals surface area (Å²) in [5, 5.41) is 0. The molecule has 176 valence electrons. The molecule has 0 aliphatic heterocycles. The van der Waals surface area contributed by atoms with E-state index in [1.807, 2.05) is 0 Å². The predicted molar refractivity (Wildman–Crippen MR) is 130 cm³/mol. The summed E-state index contributed by atoms with van der Waals surface area (Å²) >= 11 is 0. The van der Waals surface area contributed by atoms with Crippen molar-refractivity contribution in [3.8, 4) is 0 Å². The molecule has 0 aromatic heterocycles. The fourth-order valence-corrected chi connectivity index (χ4v) is 4.16. The van der Waals surface area contributed by atoms with Gasteiger partial charge in [-0.2, -0.15) is 0 Å². The van der Waals surface area contributed by atoms with Crippen molar-refractivity contribution >= 4 is 6.21 Å². The van der Waals surface area contributed by atoms with Gasteiger partial charge in [-0.15, -0.1) is 0 Å². The second-order valence-electron chi connectivity index (χ2n) is 8.99. The summed E-state index contributed by atoms with van der Waals surface area (Å²) in [6.07, 6.45) is 32.4. The van der Waals surface area contributed by atoms with Crippen LogP contribution < -0.4 is 17.0 Å². The van der Waals surface area contributed by atoms with Crippen molar-refractivity contribution in [2.75, 3.05) is 13.1 Å². The highest BCUT2D eigenvalue weighted by atomic mass is 79.9. The highest BCUT2D eigenvalue weighted by molar-refractivity contribution is 5.50. The molecule has 0 aromatic rings. The van der Waals surface area contributed by atoms with E-state index in [0.29, 0.717) is 0 Å². The first-order valence-corrected chi connectivity index (χ1v) is 13.4. The first-order chi connectivity index (χ1) is 13.8. The quantitative estimate of drug-likeness (QED) is 0.0925. The Bertz CT molecular complexity index is 288. The molecule has 0 rings (SSSR count). The van der Waals surface area contributed by atoms with Gasteiger partial charge in [-0.05, 0) is 12.8 Å². The molecular formula is C27H56BrN. The summed E-state index contributed by atoms with van der Waals surface area (Å²) in [6.45, 7) is 9.47. The highest BCUT2D eigenvalue weighted by Crippen LogP contribution is 2.12. The van der Waals surface area contributed by atoms with Gasteiger partial charge in [0, 0.05) is 19.3 Å². The monoisotopic (exact) mass is 473 g/mol. The summed E-state index contributed by atoms with van der Waals surface area (Å²) in [6, 6.07) is 0.